The van der Waals surface area contributed by atoms with Crippen molar-refractivity contribution >= 4 is 17.6 Å². The first-order valence-electron chi connectivity index (χ1n) is 6.00. The van der Waals surface area contributed by atoms with E-state index < -0.39 is 11.8 Å². The molecule has 0 spiro atoms. The third kappa shape index (κ3) is 7.86. The molecule has 1 aliphatic rings. The topological polar surface area (TPSA) is 63.2 Å². The average Bonchev–Trinajstić information content (AvgIpc) is 2.26. The maximum Gasteiger partial charge on any atom is 0.250 e. The summed E-state index contributed by atoms with van der Waals surface area (Å²) in [5, 5.41) is 1.97. The molecule has 0 saturated carbocycles. The Morgan fingerprint density at radius 3 is 2.00 bits per heavy atom. The van der Waals surface area contributed by atoms with E-state index >= 15 is 0 Å². The van der Waals surface area contributed by atoms with Crippen molar-refractivity contribution in [2.45, 2.75) is 33.6 Å². The molecule has 0 radical (unpaired) electrons. The van der Waals surface area contributed by atoms with E-state index in [1.165, 1.54) is 5.57 Å². The van der Waals surface area contributed by atoms with E-state index in [-0.39, 0.29) is 11.2 Å². The lowest BCUT2D eigenvalue weighted by Gasteiger charge is -2.27. The Hall–Kier alpha value is -1.97. The number of amides is 2. The third-order valence-corrected chi connectivity index (χ3v) is 2.43. The molecule has 1 N–H and O–H groups in total. The van der Waals surface area contributed by atoms with Gasteiger partial charge in [-0.1, -0.05) is 32.6 Å². The number of hydrogen-bond acceptors (Lipinski definition) is 3. The molecule has 1 rings (SSSR count). The summed E-state index contributed by atoms with van der Waals surface area (Å²) in [7, 11) is 0. The van der Waals surface area contributed by atoms with E-state index in [1.807, 2.05) is 12.2 Å². The van der Waals surface area contributed by atoms with E-state index in [4.69, 9.17) is 0 Å². The van der Waals surface area contributed by atoms with Crippen LogP contribution in [-0.2, 0) is 14.4 Å². The van der Waals surface area contributed by atoms with Crippen LogP contribution in [0.3, 0.4) is 0 Å². The number of nitrogens with one attached hydrogen (secondary N) is 1. The summed E-state index contributed by atoms with van der Waals surface area (Å²) in [6, 6.07) is 0. The van der Waals surface area contributed by atoms with E-state index in [2.05, 4.69) is 27.0 Å². The molecule has 0 heterocycles. The molecule has 0 unspecified atom stereocenters. The SMILES string of the molecule is C=CC(=O)NC(=O)C=C.CC1=CC(=O)CC(C)(C)C1. The zero-order valence-corrected chi connectivity index (χ0v) is 11.8. The van der Waals surface area contributed by atoms with Gasteiger partial charge >= 0.3 is 0 Å². The lowest BCUT2D eigenvalue weighted by molar-refractivity contribution is -0.125. The summed E-state index contributed by atoms with van der Waals surface area (Å²) >= 11 is 0. The van der Waals surface area contributed by atoms with Crippen LogP contribution in [0.5, 0.6) is 0 Å². The molecule has 0 aromatic heterocycles. The van der Waals surface area contributed by atoms with Crippen LogP contribution < -0.4 is 5.32 Å². The molecule has 2 amide bonds. The van der Waals surface area contributed by atoms with Crippen LogP contribution in [0.2, 0.25) is 0 Å². The molecular weight excluding hydrogens is 242 g/mol. The summed E-state index contributed by atoms with van der Waals surface area (Å²) in [6.07, 6.45) is 5.58. The Bertz CT molecular complexity index is 413. The number of ketones is 1. The summed E-state index contributed by atoms with van der Waals surface area (Å²) in [5.74, 6) is -0.742. The molecule has 104 valence electrons. The summed E-state index contributed by atoms with van der Waals surface area (Å²) in [5.41, 5.74) is 1.43. The number of carbonyl (C=O) groups is 3. The van der Waals surface area contributed by atoms with Crippen LogP contribution in [0.25, 0.3) is 0 Å². The Labute approximate surface area is 114 Å². The average molecular weight is 263 g/mol. The Morgan fingerprint density at radius 1 is 1.21 bits per heavy atom. The number of rotatable bonds is 2. The Balaban J connectivity index is 0.000000344. The van der Waals surface area contributed by atoms with Gasteiger partial charge in [-0.05, 0) is 37.0 Å². The predicted octanol–water partition coefficient (Wildman–Crippen LogP) is 2.32. The monoisotopic (exact) mass is 263 g/mol. The minimum Gasteiger partial charge on any atom is -0.295 e. The number of allylic oxidation sites excluding steroid dienone is 2. The van der Waals surface area contributed by atoms with Crippen molar-refractivity contribution < 1.29 is 14.4 Å². The molecule has 0 fully saturated rings. The van der Waals surface area contributed by atoms with Gasteiger partial charge in [-0.2, -0.15) is 0 Å². The molecule has 0 bridgehead atoms. The van der Waals surface area contributed by atoms with Crippen molar-refractivity contribution in [3.63, 3.8) is 0 Å². The highest BCUT2D eigenvalue weighted by atomic mass is 16.2. The smallest absolute Gasteiger partial charge is 0.250 e. The zero-order chi connectivity index (χ0) is 15.1. The minimum atomic E-state index is -0.514. The molecule has 0 aromatic rings. The van der Waals surface area contributed by atoms with Gasteiger partial charge in [-0.15, -0.1) is 0 Å². The lowest BCUT2D eigenvalue weighted by atomic mass is 9.77. The van der Waals surface area contributed by atoms with E-state index in [1.54, 1.807) is 6.08 Å². The fourth-order valence-corrected chi connectivity index (χ4v) is 1.89. The Morgan fingerprint density at radius 2 is 1.68 bits per heavy atom. The number of imide groups is 1. The first kappa shape index (κ1) is 17.0. The van der Waals surface area contributed by atoms with Gasteiger partial charge in [-0.25, -0.2) is 0 Å². The van der Waals surface area contributed by atoms with Crippen molar-refractivity contribution in [2.75, 3.05) is 0 Å². The van der Waals surface area contributed by atoms with Gasteiger partial charge in [0, 0.05) is 6.42 Å². The second-order valence-corrected chi connectivity index (χ2v) is 5.24. The second-order valence-electron chi connectivity index (χ2n) is 5.24. The van der Waals surface area contributed by atoms with Crippen LogP contribution in [-0.4, -0.2) is 17.6 Å². The summed E-state index contributed by atoms with van der Waals surface area (Å²) in [4.78, 5) is 31.6. The highest BCUT2D eigenvalue weighted by Crippen LogP contribution is 2.32. The molecule has 1 aliphatic carbocycles. The maximum absolute atomic E-state index is 11.0. The summed E-state index contributed by atoms with van der Waals surface area (Å²) < 4.78 is 0. The van der Waals surface area contributed by atoms with Gasteiger partial charge < -0.3 is 0 Å². The van der Waals surface area contributed by atoms with Gasteiger partial charge in [0.1, 0.15) is 0 Å². The van der Waals surface area contributed by atoms with Gasteiger partial charge in [0.15, 0.2) is 5.78 Å². The standard InChI is InChI=1S/C9H14O.C6H7NO2/c1-7-4-8(10)6-9(2,3)5-7;1-3-5(8)7-6(9)4-2/h4H,5-6H2,1-3H3;3-4H,1-2H2,(H,7,8,9). The van der Waals surface area contributed by atoms with Crippen LogP contribution in [0.4, 0.5) is 0 Å². The van der Waals surface area contributed by atoms with Crippen molar-refractivity contribution in [3.8, 4) is 0 Å². The first-order chi connectivity index (χ1) is 8.70. The third-order valence-electron chi connectivity index (χ3n) is 2.43. The maximum atomic E-state index is 11.0. The zero-order valence-electron chi connectivity index (χ0n) is 11.8. The van der Waals surface area contributed by atoms with Gasteiger partial charge in [0.25, 0.3) is 0 Å². The van der Waals surface area contributed by atoms with E-state index in [9.17, 15) is 14.4 Å². The molecular formula is C15H21NO3. The van der Waals surface area contributed by atoms with Crippen molar-refractivity contribution in [1.82, 2.24) is 5.32 Å². The van der Waals surface area contributed by atoms with Crippen LogP contribution in [0.1, 0.15) is 33.6 Å². The second kappa shape index (κ2) is 7.46. The van der Waals surface area contributed by atoms with E-state index in [0.717, 1.165) is 18.6 Å². The molecule has 0 aromatic carbocycles. The number of carbonyl (C=O) groups excluding carboxylic acids is 3. The number of hydrogen-bond donors (Lipinski definition) is 1. The minimum absolute atomic E-state index is 0.204. The normalized spacial score (nSPS) is 16.4. The molecule has 0 saturated heterocycles. The fraction of sp³-hybridized carbons (Fsp3) is 0.400. The van der Waals surface area contributed by atoms with Gasteiger partial charge in [0.05, 0.1) is 0 Å². The van der Waals surface area contributed by atoms with Gasteiger partial charge in [-0.3, -0.25) is 19.7 Å². The quantitative estimate of drug-likeness (QED) is 0.778. The van der Waals surface area contributed by atoms with Crippen molar-refractivity contribution in [1.29, 1.82) is 0 Å². The lowest BCUT2D eigenvalue weighted by Crippen LogP contribution is -2.26. The van der Waals surface area contributed by atoms with Crippen LogP contribution in [0.15, 0.2) is 37.0 Å². The summed E-state index contributed by atoms with van der Waals surface area (Å²) in [6.45, 7) is 12.6. The highest BCUT2D eigenvalue weighted by molar-refractivity contribution is 6.04. The molecule has 0 atom stereocenters. The molecule has 4 nitrogen and oxygen atoms in total. The molecule has 19 heavy (non-hydrogen) atoms. The first-order valence-corrected chi connectivity index (χ1v) is 6.00. The molecule has 0 aliphatic heterocycles. The van der Waals surface area contributed by atoms with Crippen LogP contribution in [0, 0.1) is 5.41 Å². The predicted molar refractivity (Wildman–Crippen MR) is 75.3 cm³/mol. The Kier molecular flexibility index (Phi) is 6.69. The van der Waals surface area contributed by atoms with Crippen molar-refractivity contribution in [2.24, 2.45) is 5.41 Å². The van der Waals surface area contributed by atoms with Gasteiger partial charge in [0.2, 0.25) is 11.8 Å². The van der Waals surface area contributed by atoms with E-state index in [0.29, 0.717) is 6.42 Å². The van der Waals surface area contributed by atoms with Crippen LogP contribution >= 0.6 is 0 Å². The highest BCUT2D eigenvalue weighted by Gasteiger charge is 2.25. The fourth-order valence-electron chi connectivity index (χ4n) is 1.89. The molecule has 4 heteroatoms. The van der Waals surface area contributed by atoms with Crippen molar-refractivity contribution in [3.05, 3.63) is 37.0 Å². The largest absolute Gasteiger partial charge is 0.295 e.